The molecule has 1 N–H and O–H groups in total. The van der Waals surface area contributed by atoms with Crippen LogP contribution in [0.15, 0.2) is 48.5 Å². The molecule has 0 aliphatic rings. The second kappa shape index (κ2) is 8.13. The summed E-state index contributed by atoms with van der Waals surface area (Å²) in [6.45, 7) is 0.595. The predicted octanol–water partition coefficient (Wildman–Crippen LogP) is 4.31. The van der Waals surface area contributed by atoms with Gasteiger partial charge in [0.15, 0.2) is 0 Å². The number of hydrogen-bond donors (Lipinski definition) is 1. The van der Waals surface area contributed by atoms with Crippen molar-refractivity contribution in [1.82, 2.24) is 0 Å². The number of benzene rings is 2. The first-order valence-electron chi connectivity index (χ1n) is 7.47. The van der Waals surface area contributed by atoms with Crippen molar-refractivity contribution < 1.29 is 23.0 Å². The Morgan fingerprint density at radius 2 is 1.65 bits per heavy atom. The Hall–Kier alpha value is -1.85. The van der Waals surface area contributed by atoms with Crippen LogP contribution < -0.4 is 0 Å². The number of alkyl halides is 3. The number of aryl methyl sites for hydroxylation is 1. The summed E-state index contributed by atoms with van der Waals surface area (Å²) in [6, 6.07) is 12.9. The monoisotopic (exact) mass is 324 g/mol. The maximum absolute atomic E-state index is 13.4. The first kappa shape index (κ1) is 17.5. The third-order valence-corrected chi connectivity index (χ3v) is 3.49. The van der Waals surface area contributed by atoms with E-state index in [2.05, 4.69) is 0 Å². The highest BCUT2D eigenvalue weighted by atomic mass is 19.4. The lowest BCUT2D eigenvalue weighted by Crippen LogP contribution is -2.09. The molecule has 124 valence electrons. The van der Waals surface area contributed by atoms with E-state index >= 15 is 0 Å². The molecule has 0 amide bonds. The normalized spacial score (nSPS) is 11.7. The van der Waals surface area contributed by atoms with E-state index in [4.69, 9.17) is 9.84 Å². The fourth-order valence-corrected chi connectivity index (χ4v) is 2.52. The van der Waals surface area contributed by atoms with Crippen LogP contribution in [0.25, 0.3) is 11.1 Å². The van der Waals surface area contributed by atoms with E-state index in [1.54, 1.807) is 36.4 Å². The summed E-state index contributed by atoms with van der Waals surface area (Å²) in [5.41, 5.74) is 0.838. The van der Waals surface area contributed by atoms with Gasteiger partial charge in [-0.3, -0.25) is 0 Å². The zero-order valence-electron chi connectivity index (χ0n) is 12.6. The van der Waals surface area contributed by atoms with Gasteiger partial charge in [-0.15, -0.1) is 0 Å². The smallest absolute Gasteiger partial charge is 0.394 e. The van der Waals surface area contributed by atoms with Crippen LogP contribution in [0.5, 0.6) is 0 Å². The summed E-state index contributed by atoms with van der Waals surface area (Å²) in [5, 5.41) is 8.65. The summed E-state index contributed by atoms with van der Waals surface area (Å²) in [4.78, 5) is 0. The van der Waals surface area contributed by atoms with Crippen molar-refractivity contribution in [1.29, 1.82) is 0 Å². The van der Waals surface area contributed by atoms with E-state index in [1.165, 1.54) is 6.07 Å². The second-order valence-electron chi connectivity index (χ2n) is 5.14. The lowest BCUT2D eigenvalue weighted by molar-refractivity contribution is -0.137. The zero-order valence-corrected chi connectivity index (χ0v) is 12.6. The van der Waals surface area contributed by atoms with Gasteiger partial charge in [-0.25, -0.2) is 0 Å². The molecule has 23 heavy (non-hydrogen) atoms. The fourth-order valence-electron chi connectivity index (χ4n) is 2.52. The Kier molecular flexibility index (Phi) is 6.19. The van der Waals surface area contributed by atoms with Gasteiger partial charge in [-0.1, -0.05) is 42.5 Å². The molecule has 2 aromatic carbocycles. The minimum atomic E-state index is -4.39. The van der Waals surface area contributed by atoms with Crippen molar-refractivity contribution >= 4 is 0 Å². The van der Waals surface area contributed by atoms with Crippen LogP contribution in [-0.4, -0.2) is 24.9 Å². The van der Waals surface area contributed by atoms with Crippen molar-refractivity contribution in [2.75, 3.05) is 19.8 Å². The lowest BCUT2D eigenvalue weighted by Gasteiger charge is -2.17. The maximum atomic E-state index is 13.4. The summed E-state index contributed by atoms with van der Waals surface area (Å²) in [6.07, 6.45) is -3.31. The Morgan fingerprint density at radius 3 is 2.30 bits per heavy atom. The molecule has 0 aliphatic carbocycles. The SMILES string of the molecule is OCCOCCCc1cccc(C(F)(F)F)c1-c1ccccc1. The van der Waals surface area contributed by atoms with Crippen molar-refractivity contribution in [3.05, 3.63) is 59.7 Å². The number of aliphatic hydroxyl groups is 1. The summed E-state index contributed by atoms with van der Waals surface area (Å²) >= 11 is 0. The number of rotatable bonds is 7. The van der Waals surface area contributed by atoms with Crippen molar-refractivity contribution in [2.45, 2.75) is 19.0 Å². The van der Waals surface area contributed by atoms with Crippen LogP contribution >= 0.6 is 0 Å². The van der Waals surface area contributed by atoms with Crippen LogP contribution in [0.4, 0.5) is 13.2 Å². The fraction of sp³-hybridized carbons (Fsp3) is 0.333. The molecule has 2 nitrogen and oxygen atoms in total. The predicted molar refractivity (Wildman–Crippen MR) is 83.1 cm³/mol. The van der Waals surface area contributed by atoms with Crippen molar-refractivity contribution in [3.8, 4) is 11.1 Å². The Balaban J connectivity index is 2.31. The van der Waals surface area contributed by atoms with E-state index in [-0.39, 0.29) is 18.8 Å². The maximum Gasteiger partial charge on any atom is 0.417 e. The van der Waals surface area contributed by atoms with Gasteiger partial charge in [0.25, 0.3) is 0 Å². The molecule has 2 aromatic rings. The van der Waals surface area contributed by atoms with E-state index in [0.29, 0.717) is 30.6 Å². The number of aliphatic hydroxyl groups excluding tert-OH is 1. The third-order valence-electron chi connectivity index (χ3n) is 3.49. The molecule has 5 heteroatoms. The van der Waals surface area contributed by atoms with Gasteiger partial charge >= 0.3 is 6.18 Å². The average Bonchev–Trinajstić information content (AvgIpc) is 2.54. The molecule has 0 aromatic heterocycles. The third kappa shape index (κ3) is 4.81. The van der Waals surface area contributed by atoms with E-state index in [1.807, 2.05) is 0 Å². The van der Waals surface area contributed by atoms with Crippen LogP contribution in [0, 0.1) is 0 Å². The van der Waals surface area contributed by atoms with Crippen molar-refractivity contribution in [2.24, 2.45) is 0 Å². The average molecular weight is 324 g/mol. The highest BCUT2D eigenvalue weighted by molar-refractivity contribution is 5.71. The van der Waals surface area contributed by atoms with Crippen LogP contribution in [0.3, 0.4) is 0 Å². The molecule has 0 unspecified atom stereocenters. The topological polar surface area (TPSA) is 29.5 Å². The summed E-state index contributed by atoms with van der Waals surface area (Å²) in [5.74, 6) is 0. The highest BCUT2D eigenvalue weighted by Gasteiger charge is 2.34. The molecular formula is C18H19F3O2. The molecule has 0 spiro atoms. The van der Waals surface area contributed by atoms with Gasteiger partial charge < -0.3 is 9.84 Å². The van der Waals surface area contributed by atoms with Gasteiger partial charge in [-0.2, -0.15) is 13.2 Å². The number of hydrogen-bond acceptors (Lipinski definition) is 2. The first-order chi connectivity index (χ1) is 11.0. The molecule has 0 fully saturated rings. The van der Waals surface area contributed by atoms with Gasteiger partial charge in [-0.05, 0) is 35.6 Å². The van der Waals surface area contributed by atoms with Gasteiger partial charge in [0.05, 0.1) is 18.8 Å². The van der Waals surface area contributed by atoms with Gasteiger partial charge in [0.2, 0.25) is 0 Å². The Labute approximate surface area is 133 Å². The molecule has 0 heterocycles. The molecule has 0 bridgehead atoms. The number of halogens is 3. The number of ether oxygens (including phenoxy) is 1. The zero-order chi connectivity index (χ0) is 16.7. The molecule has 0 aliphatic heterocycles. The molecule has 0 radical (unpaired) electrons. The van der Waals surface area contributed by atoms with Crippen LogP contribution in [-0.2, 0) is 17.3 Å². The molecular weight excluding hydrogens is 305 g/mol. The summed E-state index contributed by atoms with van der Waals surface area (Å²) in [7, 11) is 0. The second-order valence-corrected chi connectivity index (χ2v) is 5.14. The largest absolute Gasteiger partial charge is 0.417 e. The van der Waals surface area contributed by atoms with Crippen LogP contribution in [0.1, 0.15) is 17.5 Å². The molecule has 2 rings (SSSR count). The van der Waals surface area contributed by atoms with E-state index in [0.717, 1.165) is 6.07 Å². The minimum absolute atomic E-state index is 0.0567. The van der Waals surface area contributed by atoms with Gasteiger partial charge in [0, 0.05) is 6.61 Å². The Morgan fingerprint density at radius 1 is 0.913 bits per heavy atom. The van der Waals surface area contributed by atoms with Gasteiger partial charge in [0.1, 0.15) is 0 Å². The first-order valence-corrected chi connectivity index (χ1v) is 7.47. The summed E-state index contributed by atoms with van der Waals surface area (Å²) < 4.78 is 45.2. The molecule has 0 atom stereocenters. The van der Waals surface area contributed by atoms with Crippen molar-refractivity contribution in [3.63, 3.8) is 0 Å². The van der Waals surface area contributed by atoms with E-state index < -0.39 is 11.7 Å². The lowest BCUT2D eigenvalue weighted by atomic mass is 9.92. The Bertz CT molecular complexity index is 609. The van der Waals surface area contributed by atoms with Crippen LogP contribution in [0.2, 0.25) is 0 Å². The van der Waals surface area contributed by atoms with E-state index in [9.17, 15) is 13.2 Å². The quantitative estimate of drug-likeness (QED) is 0.769. The molecule has 0 saturated heterocycles. The highest BCUT2D eigenvalue weighted by Crippen LogP contribution is 2.39. The minimum Gasteiger partial charge on any atom is -0.394 e. The molecule has 0 saturated carbocycles. The standard InChI is InChI=1S/C18H19F3O2/c19-18(20,21)16-10-4-8-15(9-5-12-23-13-11-22)17(16)14-6-2-1-3-7-14/h1-4,6-8,10,22H,5,9,11-13H2.